The van der Waals surface area contributed by atoms with Crippen molar-refractivity contribution >= 4 is 35.2 Å². The first-order valence-corrected chi connectivity index (χ1v) is 7.34. The molecule has 0 N–H and O–H groups in total. The number of nitrogens with zero attached hydrogens (tertiary/aromatic N) is 1. The van der Waals surface area contributed by atoms with Gasteiger partial charge in [0.25, 0.3) is 0 Å². The number of carbonyl (C=O) groups excluding carboxylic acids is 3. The molecule has 0 saturated carbocycles. The molecule has 0 aliphatic carbocycles. The van der Waals surface area contributed by atoms with Gasteiger partial charge in [0.15, 0.2) is 5.78 Å². The summed E-state index contributed by atoms with van der Waals surface area (Å²) in [6.45, 7) is 7.98. The maximum Gasteiger partial charge on any atom is 0.343 e. The molecule has 0 aromatic heterocycles. The third kappa shape index (κ3) is 7.41. The number of halogens is 1. The number of ether oxygens (including phenoxy) is 3. The van der Waals surface area contributed by atoms with Crippen LogP contribution in [-0.4, -0.2) is 43.4 Å². The van der Waals surface area contributed by atoms with E-state index in [4.69, 9.17) is 16.3 Å². The number of ketones is 1. The van der Waals surface area contributed by atoms with Gasteiger partial charge in [-0.05, 0) is 27.7 Å². The molecule has 134 valence electrons. The molecule has 0 radical (unpaired) electrons. The lowest BCUT2D eigenvalue weighted by molar-refractivity contribution is -0.138. The van der Waals surface area contributed by atoms with Gasteiger partial charge in [-0.25, -0.2) is 14.6 Å². The lowest BCUT2D eigenvalue weighted by Gasteiger charge is -2.18. The summed E-state index contributed by atoms with van der Waals surface area (Å²) in [6, 6.07) is 0. The van der Waals surface area contributed by atoms with Crippen molar-refractivity contribution < 1.29 is 28.6 Å². The van der Waals surface area contributed by atoms with Crippen molar-refractivity contribution in [2.75, 3.05) is 14.2 Å². The van der Waals surface area contributed by atoms with E-state index in [1.807, 2.05) is 0 Å². The molecule has 0 atom stereocenters. The Morgan fingerprint density at radius 2 is 1.58 bits per heavy atom. The first kappa shape index (κ1) is 21.9. The molecule has 0 heterocycles. The standard InChI is InChI=1S/C16H22ClNO6/c1-9(19)13(17)10(2)24-14(18-16(3,4)5)11(15(21)23-7)8-12(20)22-6/h8H,1-7H3/b11-8+,13-10+,18-14?. The van der Waals surface area contributed by atoms with Gasteiger partial charge in [0.05, 0.1) is 19.8 Å². The number of hydrogen-bond acceptors (Lipinski definition) is 7. The van der Waals surface area contributed by atoms with Crippen LogP contribution in [0.3, 0.4) is 0 Å². The van der Waals surface area contributed by atoms with Gasteiger partial charge in [-0.3, -0.25) is 4.79 Å². The minimum atomic E-state index is -0.852. The molecule has 0 amide bonds. The lowest BCUT2D eigenvalue weighted by atomic mass is 10.1. The van der Waals surface area contributed by atoms with Crippen LogP contribution in [0.15, 0.2) is 27.4 Å². The summed E-state index contributed by atoms with van der Waals surface area (Å²) in [5.41, 5.74) is -0.909. The SMILES string of the molecule is COC(=O)/C=C(/C(=O)OC)C(=NC(C)(C)C)O/C(C)=C(/Cl)C(C)=O. The first-order valence-electron chi connectivity index (χ1n) is 6.96. The highest BCUT2D eigenvalue weighted by molar-refractivity contribution is 6.42. The number of esters is 2. The second-order valence-corrected chi connectivity index (χ2v) is 6.07. The third-order valence-corrected chi connectivity index (χ3v) is 2.94. The smallest absolute Gasteiger partial charge is 0.343 e. The molecule has 0 aromatic carbocycles. The highest BCUT2D eigenvalue weighted by atomic mass is 35.5. The van der Waals surface area contributed by atoms with Crippen LogP contribution in [0.4, 0.5) is 0 Å². The summed E-state index contributed by atoms with van der Waals surface area (Å²) >= 11 is 5.86. The van der Waals surface area contributed by atoms with E-state index in [9.17, 15) is 14.4 Å². The van der Waals surface area contributed by atoms with Crippen LogP contribution < -0.4 is 0 Å². The largest absolute Gasteiger partial charge is 0.466 e. The van der Waals surface area contributed by atoms with Gasteiger partial charge in [0.1, 0.15) is 16.4 Å². The highest BCUT2D eigenvalue weighted by Crippen LogP contribution is 2.18. The van der Waals surface area contributed by atoms with Gasteiger partial charge in [-0.15, -0.1) is 0 Å². The fourth-order valence-corrected chi connectivity index (χ4v) is 1.41. The van der Waals surface area contributed by atoms with E-state index in [1.54, 1.807) is 20.8 Å². The Morgan fingerprint density at radius 1 is 1.04 bits per heavy atom. The average molecular weight is 360 g/mol. The van der Waals surface area contributed by atoms with E-state index >= 15 is 0 Å². The van der Waals surface area contributed by atoms with Crippen LogP contribution in [0.5, 0.6) is 0 Å². The van der Waals surface area contributed by atoms with E-state index in [0.29, 0.717) is 0 Å². The van der Waals surface area contributed by atoms with E-state index in [1.165, 1.54) is 13.8 Å². The van der Waals surface area contributed by atoms with Gasteiger partial charge >= 0.3 is 11.9 Å². The lowest BCUT2D eigenvalue weighted by Crippen LogP contribution is -2.23. The predicted molar refractivity (Wildman–Crippen MR) is 89.6 cm³/mol. The van der Waals surface area contributed by atoms with Crippen LogP contribution in [0, 0.1) is 0 Å². The molecular formula is C16H22ClNO6. The third-order valence-electron chi connectivity index (χ3n) is 2.40. The predicted octanol–water partition coefficient (Wildman–Crippen LogP) is 2.53. The summed E-state index contributed by atoms with van der Waals surface area (Å²) in [4.78, 5) is 39.1. The van der Waals surface area contributed by atoms with E-state index < -0.39 is 23.3 Å². The fourth-order valence-electron chi connectivity index (χ4n) is 1.38. The van der Waals surface area contributed by atoms with Gasteiger partial charge in [0.2, 0.25) is 5.90 Å². The molecule has 24 heavy (non-hydrogen) atoms. The highest BCUT2D eigenvalue weighted by Gasteiger charge is 2.25. The molecule has 0 rings (SSSR count). The van der Waals surface area contributed by atoms with Crippen molar-refractivity contribution in [1.29, 1.82) is 0 Å². The molecule has 0 aliphatic heterocycles. The Labute approximate surface area is 146 Å². The molecule has 8 heteroatoms. The molecular weight excluding hydrogens is 338 g/mol. The number of carbonyl (C=O) groups is 3. The number of Topliss-reactive ketones (excluding diaryl/α,β-unsaturated/α-hetero) is 1. The second-order valence-electron chi connectivity index (χ2n) is 5.69. The molecule has 7 nitrogen and oxygen atoms in total. The number of methoxy groups -OCH3 is 2. The molecule has 0 unspecified atom stereocenters. The van der Waals surface area contributed by atoms with E-state index in [2.05, 4.69) is 14.5 Å². The van der Waals surface area contributed by atoms with Crippen LogP contribution in [0.2, 0.25) is 0 Å². The molecule has 0 bridgehead atoms. The quantitative estimate of drug-likeness (QED) is 0.246. The van der Waals surface area contributed by atoms with Crippen molar-refractivity contribution in [2.24, 2.45) is 4.99 Å². The number of hydrogen-bond donors (Lipinski definition) is 0. The van der Waals surface area contributed by atoms with Crippen LogP contribution in [0.1, 0.15) is 34.6 Å². The Hall–Kier alpha value is -2.15. The normalized spacial score (nSPS) is 13.8. The number of aliphatic imine (C=N–C) groups is 1. The van der Waals surface area contributed by atoms with Crippen LogP contribution in [-0.2, 0) is 28.6 Å². The molecule has 0 aromatic rings. The maximum atomic E-state index is 12.0. The van der Waals surface area contributed by atoms with Gasteiger partial charge in [-0.1, -0.05) is 11.6 Å². The van der Waals surface area contributed by atoms with Crippen molar-refractivity contribution in [1.82, 2.24) is 0 Å². The van der Waals surface area contributed by atoms with Crippen LogP contribution in [0.25, 0.3) is 0 Å². The van der Waals surface area contributed by atoms with Gasteiger partial charge in [-0.2, -0.15) is 0 Å². The van der Waals surface area contributed by atoms with Crippen molar-refractivity contribution in [2.45, 2.75) is 40.2 Å². The zero-order chi connectivity index (χ0) is 19.1. The maximum absolute atomic E-state index is 12.0. The van der Waals surface area contributed by atoms with E-state index in [0.717, 1.165) is 20.3 Å². The summed E-state index contributed by atoms with van der Waals surface area (Å²) < 4.78 is 14.7. The average Bonchev–Trinajstić information content (AvgIpc) is 2.48. The first-order chi connectivity index (χ1) is 10.9. The Kier molecular flexibility index (Phi) is 8.39. The minimum Gasteiger partial charge on any atom is -0.466 e. The molecule has 0 spiro atoms. The van der Waals surface area contributed by atoms with Crippen molar-refractivity contribution in [3.8, 4) is 0 Å². The monoisotopic (exact) mass is 359 g/mol. The van der Waals surface area contributed by atoms with Crippen LogP contribution >= 0.6 is 11.6 Å². The molecule has 0 saturated heterocycles. The summed E-state index contributed by atoms with van der Waals surface area (Å²) in [7, 11) is 2.31. The Bertz CT molecular complexity index is 611. The summed E-state index contributed by atoms with van der Waals surface area (Å²) in [5, 5.41) is -0.154. The number of allylic oxidation sites excluding steroid dienone is 2. The fraction of sp³-hybridized carbons (Fsp3) is 0.500. The van der Waals surface area contributed by atoms with Crippen molar-refractivity contribution in [3.05, 3.63) is 22.4 Å². The summed E-state index contributed by atoms with van der Waals surface area (Å²) in [6.07, 6.45) is 0.894. The minimum absolute atomic E-state index is 0.0341. The summed E-state index contributed by atoms with van der Waals surface area (Å²) in [5.74, 6) is -2.24. The topological polar surface area (TPSA) is 91.3 Å². The zero-order valence-corrected chi connectivity index (χ0v) is 15.6. The Balaban J connectivity index is 6.20. The van der Waals surface area contributed by atoms with E-state index in [-0.39, 0.29) is 22.3 Å². The molecule has 0 aliphatic rings. The van der Waals surface area contributed by atoms with Gasteiger partial charge in [0, 0.05) is 13.0 Å². The molecule has 0 fully saturated rings. The number of rotatable bonds is 5. The Morgan fingerprint density at radius 3 is 1.96 bits per heavy atom. The second kappa shape index (κ2) is 9.22. The van der Waals surface area contributed by atoms with Gasteiger partial charge < -0.3 is 14.2 Å². The van der Waals surface area contributed by atoms with Crippen molar-refractivity contribution in [3.63, 3.8) is 0 Å². The zero-order valence-electron chi connectivity index (χ0n) is 14.9.